The third kappa shape index (κ3) is 3.14. The Balaban J connectivity index is 2.13. The number of hydrogen-bond acceptors (Lipinski definition) is 3. The van der Waals surface area contributed by atoms with Crippen LogP contribution in [-0.4, -0.2) is 17.2 Å². The first-order chi connectivity index (χ1) is 5.18. The minimum atomic E-state index is -0.0984. The van der Waals surface area contributed by atoms with Crippen LogP contribution < -0.4 is 0 Å². The first-order valence-electron chi connectivity index (χ1n) is 4.02. The van der Waals surface area contributed by atoms with Gasteiger partial charge in [-0.2, -0.15) is 0 Å². The number of carbonyl (C=O) groups excluding carboxylic acids is 1. The van der Waals surface area contributed by atoms with Crippen LogP contribution in [0.1, 0.15) is 26.7 Å². The van der Waals surface area contributed by atoms with Gasteiger partial charge in [0.15, 0.2) is 0 Å². The second-order valence-electron chi connectivity index (χ2n) is 3.27. The van der Waals surface area contributed by atoms with Crippen molar-refractivity contribution >= 4 is 17.1 Å². The first kappa shape index (κ1) is 8.91. The van der Waals surface area contributed by atoms with E-state index < -0.39 is 0 Å². The van der Waals surface area contributed by atoms with Gasteiger partial charge in [-0.25, -0.2) is 4.79 Å². The van der Waals surface area contributed by atoms with Crippen molar-refractivity contribution in [1.82, 2.24) is 0 Å². The summed E-state index contributed by atoms with van der Waals surface area (Å²) >= 11 is 1.35. The summed E-state index contributed by atoms with van der Waals surface area (Å²) in [7, 11) is 0. The lowest BCUT2D eigenvalue weighted by Gasteiger charge is -2.06. The van der Waals surface area contributed by atoms with E-state index in [-0.39, 0.29) is 5.30 Å². The molecule has 2 nitrogen and oxygen atoms in total. The minimum Gasteiger partial charge on any atom is -0.456 e. The van der Waals surface area contributed by atoms with Crippen LogP contribution in [0, 0.1) is 5.92 Å². The van der Waals surface area contributed by atoms with Crippen molar-refractivity contribution in [2.45, 2.75) is 31.9 Å². The van der Waals surface area contributed by atoms with Gasteiger partial charge in [-0.05, 0) is 30.5 Å². The van der Waals surface area contributed by atoms with Crippen LogP contribution in [0.25, 0.3) is 0 Å². The highest BCUT2D eigenvalue weighted by Crippen LogP contribution is 2.26. The van der Waals surface area contributed by atoms with Gasteiger partial charge in [0, 0.05) is 0 Å². The Morgan fingerprint density at radius 3 is 2.91 bits per heavy atom. The minimum absolute atomic E-state index is 0.0984. The molecule has 0 bridgehead atoms. The Morgan fingerprint density at radius 1 is 1.73 bits per heavy atom. The highest BCUT2D eigenvalue weighted by atomic mass is 32.2. The second-order valence-corrected chi connectivity index (χ2v) is 4.51. The average Bonchev–Trinajstić information content (AvgIpc) is 2.31. The number of rotatable bonds is 3. The molecule has 0 aliphatic carbocycles. The van der Waals surface area contributed by atoms with Crippen LogP contribution in [0.3, 0.4) is 0 Å². The molecule has 0 saturated carbocycles. The maximum Gasteiger partial charge on any atom is 0.367 e. The Morgan fingerprint density at radius 2 is 2.45 bits per heavy atom. The Labute approximate surface area is 71.7 Å². The first-order valence-corrected chi connectivity index (χ1v) is 4.90. The van der Waals surface area contributed by atoms with E-state index in [0.29, 0.717) is 11.9 Å². The Bertz CT molecular complexity index is 145. The van der Waals surface area contributed by atoms with Crippen molar-refractivity contribution in [1.29, 1.82) is 0 Å². The lowest BCUT2D eigenvalue weighted by Crippen LogP contribution is -2.04. The molecule has 0 radical (unpaired) electrons. The fourth-order valence-corrected chi connectivity index (χ4v) is 1.82. The molecule has 0 spiro atoms. The zero-order chi connectivity index (χ0) is 8.27. The van der Waals surface area contributed by atoms with Gasteiger partial charge in [0.2, 0.25) is 0 Å². The fourth-order valence-electron chi connectivity index (χ4n) is 1.03. The van der Waals surface area contributed by atoms with Crippen molar-refractivity contribution in [3.05, 3.63) is 0 Å². The third-order valence-electron chi connectivity index (χ3n) is 1.72. The Hall–Kier alpha value is -0.180. The lowest BCUT2D eigenvalue weighted by molar-refractivity contribution is 0.182. The molecule has 3 heteroatoms. The van der Waals surface area contributed by atoms with Gasteiger partial charge in [0.25, 0.3) is 0 Å². The molecule has 1 aliphatic rings. The number of ether oxygens (including phenoxy) is 1. The summed E-state index contributed by atoms with van der Waals surface area (Å²) in [5, 5.41) is 0.323. The summed E-state index contributed by atoms with van der Waals surface area (Å²) in [5.74, 6) is 0.728. The van der Waals surface area contributed by atoms with Crippen LogP contribution in [0.5, 0.6) is 0 Å². The number of hydrogen-bond donors (Lipinski definition) is 0. The van der Waals surface area contributed by atoms with Crippen LogP contribution in [-0.2, 0) is 4.74 Å². The molecule has 0 aromatic heterocycles. The number of thioether (sulfide) groups is 1. The van der Waals surface area contributed by atoms with Crippen molar-refractivity contribution in [3.8, 4) is 0 Å². The maximum absolute atomic E-state index is 10.6. The van der Waals surface area contributed by atoms with E-state index in [2.05, 4.69) is 13.8 Å². The van der Waals surface area contributed by atoms with Crippen molar-refractivity contribution in [2.75, 3.05) is 6.61 Å². The number of cyclic esters (lactones) is 1. The van der Waals surface area contributed by atoms with Crippen LogP contribution in [0.15, 0.2) is 0 Å². The second kappa shape index (κ2) is 4.00. The normalized spacial score (nSPS) is 24.3. The summed E-state index contributed by atoms with van der Waals surface area (Å²) in [6, 6.07) is 0. The lowest BCUT2D eigenvalue weighted by atomic mass is 10.1. The Kier molecular flexibility index (Phi) is 3.24. The highest BCUT2D eigenvalue weighted by molar-refractivity contribution is 8.14. The average molecular weight is 174 g/mol. The molecular weight excluding hydrogens is 160 g/mol. The summed E-state index contributed by atoms with van der Waals surface area (Å²) in [6.45, 7) is 5.01. The van der Waals surface area contributed by atoms with Gasteiger partial charge in [0.05, 0.1) is 5.25 Å². The van der Waals surface area contributed by atoms with Crippen LogP contribution in [0.4, 0.5) is 4.79 Å². The summed E-state index contributed by atoms with van der Waals surface area (Å²) in [4.78, 5) is 10.6. The van der Waals surface area contributed by atoms with E-state index in [1.807, 2.05) is 0 Å². The van der Waals surface area contributed by atoms with E-state index in [1.54, 1.807) is 0 Å². The molecule has 1 fully saturated rings. The number of carbonyl (C=O) groups is 1. The van der Waals surface area contributed by atoms with Gasteiger partial charge in [-0.3, -0.25) is 0 Å². The fraction of sp³-hybridized carbons (Fsp3) is 0.875. The molecule has 11 heavy (non-hydrogen) atoms. The smallest absolute Gasteiger partial charge is 0.367 e. The van der Waals surface area contributed by atoms with Gasteiger partial charge in [-0.1, -0.05) is 13.8 Å². The zero-order valence-corrected chi connectivity index (χ0v) is 7.82. The molecule has 1 aliphatic heterocycles. The molecule has 1 heterocycles. The monoisotopic (exact) mass is 174 g/mol. The van der Waals surface area contributed by atoms with Crippen LogP contribution in [0.2, 0.25) is 0 Å². The highest BCUT2D eigenvalue weighted by Gasteiger charge is 2.24. The van der Waals surface area contributed by atoms with Crippen molar-refractivity contribution < 1.29 is 9.53 Å². The SMILES string of the molecule is CC(C)CCC1COC(=O)S1. The van der Waals surface area contributed by atoms with Gasteiger partial charge >= 0.3 is 5.30 Å². The zero-order valence-electron chi connectivity index (χ0n) is 7.00. The maximum atomic E-state index is 10.6. The van der Waals surface area contributed by atoms with Gasteiger partial charge < -0.3 is 4.74 Å². The molecule has 1 saturated heterocycles. The molecule has 1 atom stereocenters. The predicted molar refractivity (Wildman–Crippen MR) is 46.8 cm³/mol. The van der Waals surface area contributed by atoms with Crippen molar-refractivity contribution in [3.63, 3.8) is 0 Å². The molecule has 1 unspecified atom stereocenters. The van der Waals surface area contributed by atoms with Crippen LogP contribution >= 0.6 is 11.8 Å². The summed E-state index contributed by atoms with van der Waals surface area (Å²) < 4.78 is 4.82. The molecule has 0 aromatic rings. The largest absolute Gasteiger partial charge is 0.456 e. The van der Waals surface area contributed by atoms with Gasteiger partial charge in [0.1, 0.15) is 6.61 Å². The van der Waals surface area contributed by atoms with Crippen molar-refractivity contribution in [2.24, 2.45) is 5.92 Å². The molecule has 1 rings (SSSR count). The summed E-state index contributed by atoms with van der Waals surface area (Å²) in [5.41, 5.74) is 0. The van der Waals surface area contributed by atoms with E-state index in [9.17, 15) is 4.79 Å². The van der Waals surface area contributed by atoms with E-state index in [1.165, 1.54) is 18.2 Å². The predicted octanol–water partition coefficient (Wildman–Crippen LogP) is 2.67. The molecule has 0 aromatic carbocycles. The van der Waals surface area contributed by atoms with E-state index >= 15 is 0 Å². The topological polar surface area (TPSA) is 26.3 Å². The summed E-state index contributed by atoms with van der Waals surface area (Å²) in [6.07, 6.45) is 2.29. The molecule has 0 amide bonds. The van der Waals surface area contributed by atoms with Gasteiger partial charge in [-0.15, -0.1) is 0 Å². The van der Waals surface area contributed by atoms with E-state index in [0.717, 1.165) is 12.3 Å². The molecular formula is C8H14O2S. The molecule has 64 valence electrons. The standard InChI is InChI=1S/C8H14O2S/c1-6(2)3-4-7-5-10-8(9)11-7/h6-7H,3-5H2,1-2H3. The third-order valence-corrected chi connectivity index (χ3v) is 2.73. The molecule has 0 N–H and O–H groups in total. The van der Waals surface area contributed by atoms with E-state index in [4.69, 9.17) is 4.74 Å². The quantitative estimate of drug-likeness (QED) is 0.615.